The van der Waals surface area contributed by atoms with E-state index in [-0.39, 0.29) is 51.0 Å². The first-order chi connectivity index (χ1) is 28.1. The largest absolute Gasteiger partial charge is 0.494 e. The van der Waals surface area contributed by atoms with E-state index in [9.17, 15) is 14.4 Å². The van der Waals surface area contributed by atoms with Gasteiger partial charge in [-0.1, -0.05) is 83.2 Å². The molecule has 4 aliphatic carbocycles. The van der Waals surface area contributed by atoms with Crippen LogP contribution in [0, 0.1) is 52.3 Å². The van der Waals surface area contributed by atoms with E-state index in [1.165, 1.54) is 86.2 Å². The van der Waals surface area contributed by atoms with E-state index in [1.54, 1.807) is 30.3 Å². The lowest BCUT2D eigenvalue weighted by molar-refractivity contribution is -0.127. The predicted octanol–water partition coefficient (Wildman–Crippen LogP) is 12.0. The zero-order valence-corrected chi connectivity index (χ0v) is 38.3. The molecule has 0 saturated heterocycles. The van der Waals surface area contributed by atoms with Crippen LogP contribution in [-0.2, 0) is 14.3 Å². The summed E-state index contributed by atoms with van der Waals surface area (Å²) in [5, 5.41) is 3.75. The quantitative estimate of drug-likeness (QED) is 0.189. The first-order valence-corrected chi connectivity index (χ1v) is 22.8. The van der Waals surface area contributed by atoms with Gasteiger partial charge in [0.2, 0.25) is 5.91 Å². The first kappa shape index (κ1) is 45.3. The standard InChI is InChI=1S/C49H67Cl2NO7/c1-28(2)11-10-12-29(3)38-16-17-39-35-14-13-32-27-33(19-21-48(32,4)40(35)20-22-49(38,39)5)52-43(53)18-15-34(30-23-36(46(54)58-8)44(56-6)41(50)25-30)31-24-37(47(55)59-9)45(57-7)42(51)26-31/h15,23-26,28-29,32-33,35,38-40H,10-14,16-22,27H2,1-9H3,(H,52,53). The molecule has 0 heterocycles. The Balaban J connectivity index is 1.19. The predicted molar refractivity (Wildman–Crippen MR) is 235 cm³/mol. The van der Waals surface area contributed by atoms with Crippen LogP contribution in [0.25, 0.3) is 5.57 Å². The van der Waals surface area contributed by atoms with E-state index in [0.717, 1.165) is 54.8 Å². The van der Waals surface area contributed by atoms with Gasteiger partial charge in [-0.05, 0) is 151 Å². The van der Waals surface area contributed by atoms with Gasteiger partial charge in [-0.25, -0.2) is 9.59 Å². The fourth-order valence-electron chi connectivity index (χ4n) is 12.7. The summed E-state index contributed by atoms with van der Waals surface area (Å²) in [7, 11) is 5.40. The minimum absolute atomic E-state index is 0.0458. The van der Waals surface area contributed by atoms with E-state index >= 15 is 0 Å². The van der Waals surface area contributed by atoms with Gasteiger partial charge in [0, 0.05) is 12.5 Å². The van der Waals surface area contributed by atoms with Crippen LogP contribution in [0.4, 0.5) is 0 Å². The second-order valence-corrected chi connectivity index (χ2v) is 19.9. The van der Waals surface area contributed by atoms with Crippen molar-refractivity contribution in [1.29, 1.82) is 0 Å². The van der Waals surface area contributed by atoms with Crippen LogP contribution >= 0.6 is 23.2 Å². The number of esters is 2. The number of hydrogen-bond acceptors (Lipinski definition) is 7. The molecular formula is C49H67Cl2NO7. The third-order valence-corrected chi connectivity index (χ3v) is 16.2. The molecule has 0 aromatic heterocycles. The maximum atomic E-state index is 13.9. The molecular weight excluding hydrogens is 785 g/mol. The lowest BCUT2D eigenvalue weighted by atomic mass is 9.44. The molecule has 4 aliphatic rings. The van der Waals surface area contributed by atoms with Gasteiger partial charge in [-0.3, -0.25) is 4.79 Å². The van der Waals surface area contributed by atoms with Crippen molar-refractivity contribution < 1.29 is 33.3 Å². The average Bonchev–Trinajstić information content (AvgIpc) is 3.57. The Hall–Kier alpha value is -3.23. The Bertz CT molecular complexity index is 1830. The number of methoxy groups -OCH3 is 4. The van der Waals surface area contributed by atoms with E-state index in [2.05, 4.69) is 39.9 Å². The first-order valence-electron chi connectivity index (χ1n) is 22.0. The molecule has 59 heavy (non-hydrogen) atoms. The molecule has 0 bridgehead atoms. The van der Waals surface area contributed by atoms with Gasteiger partial charge in [0.25, 0.3) is 0 Å². The van der Waals surface area contributed by atoms with Crippen molar-refractivity contribution in [2.24, 2.45) is 52.3 Å². The molecule has 0 radical (unpaired) electrons. The number of benzene rings is 2. The summed E-state index contributed by atoms with van der Waals surface area (Å²) in [4.78, 5) is 39.6. The zero-order valence-electron chi connectivity index (χ0n) is 36.8. The topological polar surface area (TPSA) is 100 Å². The molecule has 9 atom stereocenters. The second kappa shape index (κ2) is 18.8. The summed E-state index contributed by atoms with van der Waals surface area (Å²) in [6.07, 6.45) is 17.1. The molecule has 4 saturated carbocycles. The van der Waals surface area contributed by atoms with Crippen LogP contribution in [0.1, 0.15) is 150 Å². The van der Waals surface area contributed by atoms with Crippen molar-refractivity contribution >= 4 is 46.6 Å². The highest BCUT2D eigenvalue weighted by atomic mass is 35.5. The zero-order chi connectivity index (χ0) is 42.8. The third kappa shape index (κ3) is 9.06. The lowest BCUT2D eigenvalue weighted by Gasteiger charge is -2.61. The molecule has 0 aliphatic heterocycles. The number of carbonyl (C=O) groups is 3. The lowest BCUT2D eigenvalue weighted by Crippen LogP contribution is -2.55. The smallest absolute Gasteiger partial charge is 0.341 e. The molecule has 6 rings (SSSR count). The van der Waals surface area contributed by atoms with Crippen molar-refractivity contribution in [3.63, 3.8) is 0 Å². The molecule has 1 N–H and O–H groups in total. The number of carbonyl (C=O) groups excluding carboxylic acids is 3. The van der Waals surface area contributed by atoms with Crippen LogP contribution in [0.5, 0.6) is 11.5 Å². The Labute approximate surface area is 362 Å². The van der Waals surface area contributed by atoms with Gasteiger partial charge in [-0.2, -0.15) is 0 Å². The van der Waals surface area contributed by atoms with Crippen molar-refractivity contribution in [3.05, 3.63) is 62.6 Å². The minimum atomic E-state index is -0.638. The normalized spacial score (nSPS) is 29.0. The number of hydrogen-bond donors (Lipinski definition) is 1. The summed E-state index contributed by atoms with van der Waals surface area (Å²) in [6.45, 7) is 12.5. The summed E-state index contributed by atoms with van der Waals surface area (Å²) >= 11 is 13.3. The highest BCUT2D eigenvalue weighted by molar-refractivity contribution is 6.33. The van der Waals surface area contributed by atoms with Crippen LogP contribution in [0.15, 0.2) is 30.3 Å². The summed E-state index contributed by atoms with van der Waals surface area (Å²) < 4.78 is 21.0. The Morgan fingerprint density at radius 1 is 0.763 bits per heavy atom. The van der Waals surface area contributed by atoms with E-state index in [1.807, 2.05) is 0 Å². The molecule has 8 nitrogen and oxygen atoms in total. The molecule has 2 aromatic rings. The number of nitrogens with one attached hydrogen (secondary N) is 1. The van der Waals surface area contributed by atoms with Gasteiger partial charge < -0.3 is 24.3 Å². The number of fused-ring (bicyclic) bond motifs is 5. The number of amides is 1. The molecule has 4 fully saturated rings. The monoisotopic (exact) mass is 851 g/mol. The number of rotatable bonds is 14. The van der Waals surface area contributed by atoms with Crippen molar-refractivity contribution in [2.75, 3.05) is 28.4 Å². The van der Waals surface area contributed by atoms with E-state index in [0.29, 0.717) is 33.4 Å². The average molecular weight is 853 g/mol. The fraction of sp³-hybridized carbons (Fsp3) is 0.653. The van der Waals surface area contributed by atoms with Crippen molar-refractivity contribution in [2.45, 2.75) is 124 Å². The van der Waals surface area contributed by atoms with E-state index in [4.69, 9.17) is 42.1 Å². The van der Waals surface area contributed by atoms with Crippen LogP contribution < -0.4 is 14.8 Å². The Kier molecular flexibility index (Phi) is 14.4. The Morgan fingerprint density at radius 2 is 1.34 bits per heavy atom. The van der Waals surface area contributed by atoms with Gasteiger partial charge in [-0.15, -0.1) is 0 Å². The number of ether oxygens (including phenoxy) is 4. The summed E-state index contributed by atoms with van der Waals surface area (Å²) in [6, 6.07) is 6.61. The van der Waals surface area contributed by atoms with E-state index < -0.39 is 11.9 Å². The molecule has 9 unspecified atom stereocenters. The SMILES string of the molecule is COC(=O)c1cc(C(=CCC(=O)NC2CCC3(C)C(CCC4C3CCC3(C)C(C(C)CCCC(C)C)CCC43)C2)c2cc(Cl)c(OC)c(C(=O)OC)c2)cc(Cl)c1OC. The third-order valence-electron chi connectivity index (χ3n) is 15.7. The summed E-state index contributed by atoms with van der Waals surface area (Å²) in [5.74, 6) is 4.47. The van der Waals surface area contributed by atoms with Crippen LogP contribution in [-0.4, -0.2) is 52.3 Å². The highest BCUT2D eigenvalue weighted by Gasteiger charge is 2.60. The summed E-state index contributed by atoms with van der Waals surface area (Å²) in [5.41, 5.74) is 2.56. The Morgan fingerprint density at radius 3 is 1.90 bits per heavy atom. The van der Waals surface area contributed by atoms with Crippen molar-refractivity contribution in [3.8, 4) is 11.5 Å². The maximum absolute atomic E-state index is 13.9. The maximum Gasteiger partial charge on any atom is 0.341 e. The molecule has 0 spiro atoms. The molecule has 1 amide bonds. The molecule has 324 valence electrons. The van der Waals surface area contributed by atoms with Gasteiger partial charge in [0.05, 0.1) is 38.5 Å². The van der Waals surface area contributed by atoms with Crippen LogP contribution in [0.3, 0.4) is 0 Å². The number of halogens is 2. The van der Waals surface area contributed by atoms with Crippen molar-refractivity contribution in [1.82, 2.24) is 5.32 Å². The highest BCUT2D eigenvalue weighted by Crippen LogP contribution is 2.68. The van der Waals surface area contributed by atoms with Gasteiger partial charge in [0.15, 0.2) is 11.5 Å². The van der Waals surface area contributed by atoms with Crippen LogP contribution in [0.2, 0.25) is 10.0 Å². The minimum Gasteiger partial charge on any atom is -0.494 e. The fourth-order valence-corrected chi connectivity index (χ4v) is 13.3. The molecule has 2 aromatic carbocycles. The van der Waals surface area contributed by atoms with Gasteiger partial charge >= 0.3 is 11.9 Å². The molecule has 10 heteroatoms. The second-order valence-electron chi connectivity index (χ2n) is 19.1. The van der Waals surface area contributed by atoms with Gasteiger partial charge in [0.1, 0.15) is 11.1 Å².